The van der Waals surface area contributed by atoms with Crippen LogP contribution in [0.25, 0.3) is 53.5 Å². The number of fused-ring (bicyclic) bond motifs is 7. The first-order valence-corrected chi connectivity index (χ1v) is 16.3. The van der Waals surface area contributed by atoms with Crippen molar-refractivity contribution in [2.75, 3.05) is 4.90 Å². The Labute approximate surface area is 266 Å². The van der Waals surface area contributed by atoms with E-state index in [9.17, 15) is 0 Å². The lowest BCUT2D eigenvalue weighted by Crippen LogP contribution is -2.14. The van der Waals surface area contributed by atoms with Crippen LogP contribution >= 0.6 is 11.3 Å². The molecule has 1 aromatic heterocycles. The lowest BCUT2D eigenvalue weighted by molar-refractivity contribution is 0.662. The maximum Gasteiger partial charge on any atom is 0.124 e. The van der Waals surface area contributed by atoms with Gasteiger partial charge in [0.2, 0.25) is 0 Å². The highest BCUT2D eigenvalue weighted by molar-refractivity contribution is 7.21. The summed E-state index contributed by atoms with van der Waals surface area (Å²) in [5.41, 5.74) is 11.0. The van der Waals surface area contributed by atoms with Crippen LogP contribution in [0, 0.1) is 0 Å². The Balaban J connectivity index is 1.20. The van der Waals surface area contributed by atoms with Gasteiger partial charge in [0.15, 0.2) is 0 Å². The average Bonchev–Trinajstić information content (AvgIpc) is 3.60. The number of thiazole rings is 1. The van der Waals surface area contributed by atoms with Gasteiger partial charge in [0.05, 0.1) is 10.2 Å². The van der Waals surface area contributed by atoms with Crippen molar-refractivity contribution in [3.8, 4) is 21.7 Å². The van der Waals surface area contributed by atoms with E-state index in [1.807, 2.05) is 0 Å². The Morgan fingerprint density at radius 3 is 1.82 bits per heavy atom. The molecular weight excluding hydrogens is 565 g/mol. The van der Waals surface area contributed by atoms with Crippen molar-refractivity contribution in [3.63, 3.8) is 0 Å². The number of nitrogens with zero attached hydrogens (tertiary/aromatic N) is 2. The van der Waals surface area contributed by atoms with Gasteiger partial charge in [-0.15, -0.1) is 11.3 Å². The van der Waals surface area contributed by atoms with Crippen LogP contribution < -0.4 is 4.90 Å². The smallest absolute Gasteiger partial charge is 0.124 e. The minimum atomic E-state index is -0.103. The topological polar surface area (TPSA) is 16.1 Å². The van der Waals surface area contributed by atoms with E-state index in [1.54, 1.807) is 11.3 Å². The zero-order valence-corrected chi connectivity index (χ0v) is 26.0. The maximum absolute atomic E-state index is 5.07. The molecule has 0 bridgehead atoms. The van der Waals surface area contributed by atoms with Crippen LogP contribution in [0.4, 0.5) is 17.1 Å². The molecule has 0 radical (unpaired) electrons. The summed E-state index contributed by atoms with van der Waals surface area (Å²) in [5, 5.41) is 6.16. The molecule has 0 aliphatic heterocycles. The van der Waals surface area contributed by atoms with E-state index in [0.29, 0.717) is 0 Å². The summed E-state index contributed by atoms with van der Waals surface area (Å²) in [6.45, 7) is 4.71. The molecule has 0 spiro atoms. The molecule has 45 heavy (non-hydrogen) atoms. The monoisotopic (exact) mass is 594 g/mol. The normalized spacial score (nSPS) is 13.3. The fraction of sp³-hybridized carbons (Fsp3) is 0.0714. The second-order valence-electron chi connectivity index (χ2n) is 12.5. The zero-order valence-electron chi connectivity index (χ0n) is 25.2. The molecule has 0 saturated carbocycles. The van der Waals surface area contributed by atoms with Gasteiger partial charge in [0.1, 0.15) is 5.01 Å². The Bertz CT molecular complexity index is 2350. The number of para-hydroxylation sites is 2. The molecule has 1 aliphatic rings. The molecule has 7 aromatic carbocycles. The molecule has 0 unspecified atom stereocenters. The van der Waals surface area contributed by atoms with Crippen LogP contribution in [0.5, 0.6) is 0 Å². The Hall–Kier alpha value is -5.25. The van der Waals surface area contributed by atoms with Gasteiger partial charge in [-0.3, -0.25) is 0 Å². The molecule has 0 amide bonds. The molecule has 2 nitrogen and oxygen atoms in total. The van der Waals surface area contributed by atoms with Crippen molar-refractivity contribution >= 4 is 60.2 Å². The van der Waals surface area contributed by atoms with Crippen molar-refractivity contribution in [3.05, 3.63) is 157 Å². The van der Waals surface area contributed by atoms with Crippen LogP contribution in [0.1, 0.15) is 25.0 Å². The highest BCUT2D eigenvalue weighted by atomic mass is 32.1. The van der Waals surface area contributed by atoms with E-state index in [4.69, 9.17) is 4.98 Å². The molecule has 1 aliphatic carbocycles. The van der Waals surface area contributed by atoms with E-state index in [1.165, 1.54) is 54.1 Å². The van der Waals surface area contributed by atoms with E-state index < -0.39 is 0 Å². The quantitative estimate of drug-likeness (QED) is 0.188. The molecule has 3 heteroatoms. The van der Waals surface area contributed by atoms with Crippen molar-refractivity contribution in [2.24, 2.45) is 0 Å². The van der Waals surface area contributed by atoms with Gasteiger partial charge in [-0.1, -0.05) is 98.8 Å². The van der Waals surface area contributed by atoms with Gasteiger partial charge in [0.25, 0.3) is 0 Å². The molecule has 0 saturated heterocycles. The van der Waals surface area contributed by atoms with Crippen LogP contribution in [0.3, 0.4) is 0 Å². The third-order valence-electron chi connectivity index (χ3n) is 9.43. The Morgan fingerprint density at radius 2 is 1.13 bits per heavy atom. The number of aromatic nitrogens is 1. The molecule has 1 heterocycles. The van der Waals surface area contributed by atoms with Crippen LogP contribution in [0.15, 0.2) is 146 Å². The van der Waals surface area contributed by atoms with Gasteiger partial charge in [-0.25, -0.2) is 4.98 Å². The van der Waals surface area contributed by atoms with Crippen LogP contribution in [-0.2, 0) is 5.41 Å². The summed E-state index contributed by atoms with van der Waals surface area (Å²) < 4.78 is 1.24. The van der Waals surface area contributed by atoms with Crippen molar-refractivity contribution in [1.82, 2.24) is 4.98 Å². The number of hydrogen-bond donors (Lipinski definition) is 0. The average molecular weight is 595 g/mol. The summed E-state index contributed by atoms with van der Waals surface area (Å²) >= 11 is 1.78. The Kier molecular flexibility index (Phi) is 5.75. The minimum Gasteiger partial charge on any atom is -0.310 e. The third kappa shape index (κ3) is 4.12. The lowest BCUT2D eigenvalue weighted by atomic mass is 9.81. The standard InChI is InChI=1S/C42H30N2S/c1-42(2)37-23-29-19-18-28-22-32(44(30-14-8-4-9-15-30)31-16-10-5-11-17-31)20-21-33(28)34(29)24-35(37)36-25-40-39(26-38(36)42)43-41(45-40)27-12-6-3-7-13-27/h3-26H,1-2H3. The molecule has 0 fully saturated rings. The summed E-state index contributed by atoms with van der Waals surface area (Å²) in [6.07, 6.45) is 0. The van der Waals surface area contributed by atoms with Gasteiger partial charge < -0.3 is 4.90 Å². The van der Waals surface area contributed by atoms with E-state index in [2.05, 4.69) is 164 Å². The summed E-state index contributed by atoms with van der Waals surface area (Å²) in [4.78, 5) is 7.39. The molecule has 0 N–H and O–H groups in total. The van der Waals surface area contributed by atoms with Crippen LogP contribution in [0.2, 0.25) is 0 Å². The van der Waals surface area contributed by atoms with Crippen molar-refractivity contribution in [2.45, 2.75) is 19.3 Å². The van der Waals surface area contributed by atoms with Gasteiger partial charge in [-0.05, 0) is 104 Å². The second-order valence-corrected chi connectivity index (χ2v) is 13.5. The largest absolute Gasteiger partial charge is 0.310 e. The molecule has 214 valence electrons. The fourth-order valence-electron chi connectivity index (χ4n) is 7.14. The van der Waals surface area contributed by atoms with E-state index in [-0.39, 0.29) is 5.41 Å². The van der Waals surface area contributed by atoms with Gasteiger partial charge >= 0.3 is 0 Å². The molecule has 0 atom stereocenters. The van der Waals surface area contributed by atoms with Crippen molar-refractivity contribution < 1.29 is 0 Å². The highest BCUT2D eigenvalue weighted by Crippen LogP contribution is 2.52. The fourth-order valence-corrected chi connectivity index (χ4v) is 8.14. The SMILES string of the molecule is CC1(C)c2cc3ccc4cc(N(c5ccccc5)c5ccccc5)ccc4c3cc2-c2cc3sc(-c4ccccc4)nc3cc21. The first-order valence-electron chi connectivity index (χ1n) is 15.5. The molecule has 8 aromatic rings. The van der Waals surface area contributed by atoms with Crippen LogP contribution in [-0.4, -0.2) is 4.98 Å². The highest BCUT2D eigenvalue weighted by Gasteiger charge is 2.36. The predicted octanol–water partition coefficient (Wildman–Crippen LogP) is 12.0. The number of benzene rings is 7. The van der Waals surface area contributed by atoms with E-state index in [0.717, 1.165) is 27.6 Å². The number of rotatable bonds is 4. The Morgan fingerprint density at radius 1 is 0.533 bits per heavy atom. The molecular formula is C42H30N2S. The van der Waals surface area contributed by atoms with E-state index >= 15 is 0 Å². The second kappa shape index (κ2) is 9.88. The molecule has 9 rings (SSSR count). The number of anilines is 3. The van der Waals surface area contributed by atoms with Crippen molar-refractivity contribution in [1.29, 1.82) is 0 Å². The first kappa shape index (κ1) is 26.2. The first-order chi connectivity index (χ1) is 22.0. The lowest BCUT2D eigenvalue weighted by Gasteiger charge is -2.26. The van der Waals surface area contributed by atoms with Gasteiger partial charge in [0, 0.05) is 28.0 Å². The summed E-state index contributed by atoms with van der Waals surface area (Å²) in [7, 11) is 0. The summed E-state index contributed by atoms with van der Waals surface area (Å²) in [6, 6.07) is 52.8. The van der Waals surface area contributed by atoms with Gasteiger partial charge in [-0.2, -0.15) is 0 Å². The zero-order chi connectivity index (χ0) is 30.1. The predicted molar refractivity (Wildman–Crippen MR) is 192 cm³/mol. The maximum atomic E-state index is 5.07. The minimum absolute atomic E-state index is 0.103. The number of hydrogen-bond acceptors (Lipinski definition) is 3. The summed E-state index contributed by atoms with van der Waals surface area (Å²) in [5.74, 6) is 0. The third-order valence-corrected chi connectivity index (χ3v) is 10.5.